The molecule has 0 saturated carbocycles. The number of aryl methyl sites for hydroxylation is 3. The van der Waals surface area contributed by atoms with Gasteiger partial charge in [-0.15, -0.1) is 11.3 Å². The lowest BCUT2D eigenvalue weighted by atomic mass is 10.1. The fraction of sp³-hybridized carbons (Fsp3) is 0.240. The van der Waals surface area contributed by atoms with E-state index >= 15 is 0 Å². The zero-order valence-corrected chi connectivity index (χ0v) is 19.0. The molecule has 158 valence electrons. The van der Waals surface area contributed by atoms with Crippen molar-refractivity contribution in [2.24, 2.45) is 0 Å². The van der Waals surface area contributed by atoms with Gasteiger partial charge >= 0.3 is 0 Å². The molecule has 2 heterocycles. The SMILES string of the molecule is CCc1c(C)sc2nc(-c3ccc(C(=O)N(C)Cc4ccc(C)cc4)cc3)[nH]c(=O)c12. The molecule has 0 unspecified atom stereocenters. The maximum Gasteiger partial charge on any atom is 0.260 e. The molecule has 31 heavy (non-hydrogen) atoms. The van der Waals surface area contributed by atoms with Crippen molar-refractivity contribution in [1.82, 2.24) is 14.9 Å². The Morgan fingerprint density at radius 3 is 2.39 bits per heavy atom. The minimum absolute atomic E-state index is 0.0505. The smallest absolute Gasteiger partial charge is 0.260 e. The van der Waals surface area contributed by atoms with E-state index in [0.29, 0.717) is 23.3 Å². The number of carbonyl (C=O) groups excluding carboxylic acids is 1. The standard InChI is InChI=1S/C25H25N3O2S/c1-5-20-16(3)31-24-21(20)23(29)26-22(27-24)18-10-12-19(13-11-18)25(30)28(4)14-17-8-6-15(2)7-9-17/h6-13H,5,14H2,1-4H3,(H,26,27,29). The van der Waals surface area contributed by atoms with Crippen LogP contribution < -0.4 is 5.56 Å². The van der Waals surface area contributed by atoms with Crippen molar-refractivity contribution >= 4 is 27.5 Å². The molecule has 6 heteroatoms. The summed E-state index contributed by atoms with van der Waals surface area (Å²) < 4.78 is 0. The summed E-state index contributed by atoms with van der Waals surface area (Å²) >= 11 is 1.55. The van der Waals surface area contributed by atoms with Crippen LogP contribution in [0.2, 0.25) is 0 Å². The number of aromatic amines is 1. The van der Waals surface area contributed by atoms with Crippen molar-refractivity contribution in [1.29, 1.82) is 0 Å². The van der Waals surface area contributed by atoms with Crippen LogP contribution >= 0.6 is 11.3 Å². The highest BCUT2D eigenvalue weighted by atomic mass is 32.1. The van der Waals surface area contributed by atoms with Crippen LogP contribution in [0.3, 0.4) is 0 Å². The third-order valence-corrected chi connectivity index (χ3v) is 6.55. The minimum Gasteiger partial charge on any atom is -0.337 e. The van der Waals surface area contributed by atoms with Gasteiger partial charge in [0.15, 0.2) is 0 Å². The van der Waals surface area contributed by atoms with Crippen molar-refractivity contribution in [3.05, 3.63) is 86.0 Å². The van der Waals surface area contributed by atoms with Gasteiger partial charge in [-0.1, -0.05) is 48.9 Å². The summed E-state index contributed by atoms with van der Waals surface area (Å²) in [6.07, 6.45) is 0.808. The van der Waals surface area contributed by atoms with Gasteiger partial charge in [-0.05, 0) is 43.5 Å². The van der Waals surface area contributed by atoms with Crippen LogP contribution in [0.15, 0.2) is 53.3 Å². The van der Waals surface area contributed by atoms with E-state index in [0.717, 1.165) is 32.8 Å². The molecule has 2 aromatic carbocycles. The number of aromatic nitrogens is 2. The molecule has 1 N–H and O–H groups in total. The van der Waals surface area contributed by atoms with Crippen LogP contribution in [-0.4, -0.2) is 27.8 Å². The minimum atomic E-state index is -0.112. The monoisotopic (exact) mass is 431 g/mol. The van der Waals surface area contributed by atoms with Crippen LogP contribution in [0.5, 0.6) is 0 Å². The molecule has 0 aliphatic heterocycles. The van der Waals surface area contributed by atoms with E-state index in [4.69, 9.17) is 0 Å². The largest absolute Gasteiger partial charge is 0.337 e. The normalized spacial score (nSPS) is 11.1. The average Bonchev–Trinajstić information content (AvgIpc) is 3.10. The highest BCUT2D eigenvalue weighted by molar-refractivity contribution is 7.18. The fourth-order valence-corrected chi connectivity index (χ4v) is 4.88. The van der Waals surface area contributed by atoms with Crippen molar-refractivity contribution in [2.45, 2.75) is 33.7 Å². The summed E-state index contributed by atoms with van der Waals surface area (Å²) in [4.78, 5) is 36.7. The molecular formula is C25H25N3O2S. The Bertz CT molecular complexity index is 1300. The first kappa shape index (κ1) is 21.0. The second-order valence-corrected chi connectivity index (χ2v) is 9.01. The van der Waals surface area contributed by atoms with Crippen LogP contribution in [0.1, 0.15) is 38.8 Å². The molecule has 0 radical (unpaired) electrons. The van der Waals surface area contributed by atoms with E-state index in [1.165, 1.54) is 5.56 Å². The number of hydrogen-bond donors (Lipinski definition) is 1. The number of amides is 1. The van der Waals surface area contributed by atoms with Crippen LogP contribution in [0.4, 0.5) is 0 Å². The summed E-state index contributed by atoms with van der Waals surface area (Å²) in [6.45, 7) is 6.66. The number of benzene rings is 2. The first-order chi connectivity index (χ1) is 14.9. The van der Waals surface area contributed by atoms with Gasteiger partial charge in [0.2, 0.25) is 0 Å². The molecular weight excluding hydrogens is 406 g/mol. The Balaban J connectivity index is 1.57. The van der Waals surface area contributed by atoms with Gasteiger partial charge in [-0.3, -0.25) is 9.59 Å². The summed E-state index contributed by atoms with van der Waals surface area (Å²) in [5, 5.41) is 0.693. The van der Waals surface area contributed by atoms with E-state index in [1.54, 1.807) is 35.4 Å². The van der Waals surface area contributed by atoms with E-state index < -0.39 is 0 Å². The quantitative estimate of drug-likeness (QED) is 0.478. The Kier molecular flexibility index (Phi) is 5.74. The molecule has 4 aromatic rings. The molecule has 0 atom stereocenters. The third-order valence-electron chi connectivity index (χ3n) is 5.51. The van der Waals surface area contributed by atoms with Crippen molar-refractivity contribution in [3.63, 3.8) is 0 Å². The number of rotatable bonds is 5. The lowest BCUT2D eigenvalue weighted by Crippen LogP contribution is -2.26. The molecule has 0 aliphatic carbocycles. The number of thiophene rings is 1. The Labute approximate surface area is 185 Å². The van der Waals surface area contributed by atoms with Crippen molar-refractivity contribution in [3.8, 4) is 11.4 Å². The summed E-state index contributed by atoms with van der Waals surface area (Å²) in [5.41, 5.74) is 4.62. The number of fused-ring (bicyclic) bond motifs is 1. The van der Waals surface area contributed by atoms with Gasteiger partial charge in [-0.2, -0.15) is 0 Å². The van der Waals surface area contributed by atoms with Crippen LogP contribution in [0.25, 0.3) is 21.6 Å². The molecule has 1 amide bonds. The van der Waals surface area contributed by atoms with Gasteiger partial charge in [0.1, 0.15) is 10.7 Å². The molecule has 2 aromatic heterocycles. The maximum absolute atomic E-state index is 12.8. The highest BCUT2D eigenvalue weighted by Crippen LogP contribution is 2.28. The van der Waals surface area contributed by atoms with Gasteiger partial charge in [0.05, 0.1) is 5.39 Å². The zero-order chi connectivity index (χ0) is 22.1. The molecule has 0 aliphatic rings. The highest BCUT2D eigenvalue weighted by Gasteiger charge is 2.16. The molecule has 5 nitrogen and oxygen atoms in total. The van der Waals surface area contributed by atoms with Crippen LogP contribution in [0, 0.1) is 13.8 Å². The summed E-state index contributed by atoms with van der Waals surface area (Å²) in [7, 11) is 1.80. The second kappa shape index (κ2) is 8.47. The first-order valence-corrected chi connectivity index (χ1v) is 11.1. The second-order valence-electron chi connectivity index (χ2n) is 7.81. The van der Waals surface area contributed by atoms with Gasteiger partial charge in [0, 0.05) is 29.6 Å². The Hall–Kier alpha value is -3.25. The van der Waals surface area contributed by atoms with Gasteiger partial charge in [-0.25, -0.2) is 4.98 Å². The lowest BCUT2D eigenvalue weighted by Gasteiger charge is -2.17. The number of nitrogens with one attached hydrogen (secondary N) is 1. The number of H-pyrrole nitrogens is 1. The third kappa shape index (κ3) is 4.16. The molecule has 0 saturated heterocycles. The predicted octanol–water partition coefficient (Wildman–Crippen LogP) is 5.10. The fourth-order valence-electron chi connectivity index (χ4n) is 3.77. The van der Waals surface area contributed by atoms with Crippen molar-refractivity contribution in [2.75, 3.05) is 7.05 Å². The van der Waals surface area contributed by atoms with E-state index in [9.17, 15) is 9.59 Å². The lowest BCUT2D eigenvalue weighted by molar-refractivity contribution is 0.0785. The number of hydrogen-bond acceptors (Lipinski definition) is 4. The summed E-state index contributed by atoms with van der Waals surface area (Å²) in [5.74, 6) is 0.471. The van der Waals surface area contributed by atoms with E-state index in [1.807, 2.05) is 57.2 Å². The Morgan fingerprint density at radius 1 is 1.06 bits per heavy atom. The summed E-state index contributed by atoms with van der Waals surface area (Å²) in [6, 6.07) is 15.4. The molecule has 0 spiro atoms. The molecule has 0 fully saturated rings. The topological polar surface area (TPSA) is 66.1 Å². The maximum atomic E-state index is 12.8. The first-order valence-electron chi connectivity index (χ1n) is 10.3. The molecule has 0 bridgehead atoms. The molecule has 4 rings (SSSR count). The predicted molar refractivity (Wildman–Crippen MR) is 127 cm³/mol. The zero-order valence-electron chi connectivity index (χ0n) is 18.2. The van der Waals surface area contributed by atoms with Gasteiger partial charge < -0.3 is 9.88 Å². The van der Waals surface area contributed by atoms with Gasteiger partial charge in [0.25, 0.3) is 11.5 Å². The Morgan fingerprint density at radius 2 is 1.74 bits per heavy atom. The number of nitrogens with zero attached hydrogens (tertiary/aromatic N) is 2. The van der Waals surface area contributed by atoms with E-state index in [-0.39, 0.29) is 11.5 Å². The van der Waals surface area contributed by atoms with E-state index in [2.05, 4.69) is 9.97 Å². The number of carbonyl (C=O) groups is 1. The van der Waals surface area contributed by atoms with Crippen molar-refractivity contribution < 1.29 is 4.79 Å². The average molecular weight is 432 g/mol. The van der Waals surface area contributed by atoms with Crippen LogP contribution in [-0.2, 0) is 13.0 Å².